The number of nitrogens with zero attached hydrogens (tertiary/aromatic N) is 1. The van der Waals surface area contributed by atoms with Crippen LogP contribution in [0.25, 0.3) is 5.69 Å². The van der Waals surface area contributed by atoms with Crippen molar-refractivity contribution in [2.45, 2.75) is 25.8 Å². The highest BCUT2D eigenvalue weighted by molar-refractivity contribution is 7.71. The summed E-state index contributed by atoms with van der Waals surface area (Å²) in [5.41, 5.74) is 4.02. The van der Waals surface area contributed by atoms with Gasteiger partial charge in [0.1, 0.15) is 0 Å². The molecule has 0 radical (unpaired) electrons. The number of hydrogen-bond donors (Lipinski definition) is 3. The van der Waals surface area contributed by atoms with Crippen LogP contribution in [0.4, 0.5) is 0 Å². The van der Waals surface area contributed by atoms with Crippen LogP contribution in [0.5, 0.6) is 5.88 Å². The van der Waals surface area contributed by atoms with Gasteiger partial charge in [0.25, 0.3) is 5.56 Å². The molecule has 0 bridgehead atoms. The van der Waals surface area contributed by atoms with Gasteiger partial charge in [-0.05, 0) is 53.9 Å². The topological polar surface area (TPSA) is 70.0 Å². The van der Waals surface area contributed by atoms with Crippen molar-refractivity contribution in [2.75, 3.05) is 6.54 Å². The summed E-state index contributed by atoms with van der Waals surface area (Å²) in [6, 6.07) is 15.4. The first-order valence-corrected chi connectivity index (χ1v) is 9.49. The van der Waals surface area contributed by atoms with Gasteiger partial charge in [-0.15, -0.1) is 0 Å². The van der Waals surface area contributed by atoms with Crippen LogP contribution >= 0.6 is 12.2 Å². The highest BCUT2D eigenvalue weighted by Crippen LogP contribution is 2.32. The second-order valence-electron chi connectivity index (χ2n) is 6.69. The summed E-state index contributed by atoms with van der Waals surface area (Å²) in [6.07, 6.45) is 1.82. The maximum Gasteiger partial charge on any atom is 0.260 e. The summed E-state index contributed by atoms with van der Waals surface area (Å²) < 4.78 is 1.69. The number of nitrogens with one attached hydrogen (secondary N) is 2. The molecule has 0 aliphatic carbocycles. The number of H-pyrrole nitrogens is 1. The Labute approximate surface area is 162 Å². The minimum atomic E-state index is -0.379. The van der Waals surface area contributed by atoms with E-state index < -0.39 is 0 Å². The fourth-order valence-electron chi connectivity index (χ4n) is 3.68. The highest BCUT2D eigenvalue weighted by Gasteiger charge is 2.28. The number of fused-ring (bicyclic) bond motifs is 1. The lowest BCUT2D eigenvalue weighted by atomic mass is 9.90. The molecule has 0 amide bonds. The average molecular weight is 379 g/mol. The van der Waals surface area contributed by atoms with Gasteiger partial charge in [0.15, 0.2) is 4.77 Å². The lowest BCUT2D eigenvalue weighted by Crippen LogP contribution is -2.35. The lowest BCUT2D eigenvalue weighted by molar-refractivity contribution is 0.413. The van der Waals surface area contributed by atoms with E-state index in [1.807, 2.05) is 42.5 Å². The summed E-state index contributed by atoms with van der Waals surface area (Å²) in [7, 11) is 0. The van der Waals surface area contributed by atoms with E-state index in [2.05, 4.69) is 23.3 Å². The smallest absolute Gasteiger partial charge is 0.260 e. The maximum atomic E-state index is 12.7. The van der Waals surface area contributed by atoms with Crippen molar-refractivity contribution in [2.24, 2.45) is 0 Å². The molecule has 0 fully saturated rings. The summed E-state index contributed by atoms with van der Waals surface area (Å²) in [4.78, 5) is 15.4. The molecular formula is C21H21N3O2S. The van der Waals surface area contributed by atoms with Crippen molar-refractivity contribution in [3.8, 4) is 11.6 Å². The molecule has 138 valence electrons. The molecule has 6 heteroatoms. The SMILES string of the molecule is CCc1ccc(-n2c(O)c([C@H]3NCCc4ccccc43)c(=O)[nH]c2=S)cc1. The first-order chi connectivity index (χ1) is 13.1. The van der Waals surface area contributed by atoms with Crippen molar-refractivity contribution in [1.82, 2.24) is 14.9 Å². The molecule has 1 aromatic heterocycles. The van der Waals surface area contributed by atoms with Crippen LogP contribution in [0, 0.1) is 4.77 Å². The van der Waals surface area contributed by atoms with E-state index in [1.165, 1.54) is 15.7 Å². The Morgan fingerprint density at radius 3 is 2.67 bits per heavy atom. The van der Waals surface area contributed by atoms with Gasteiger partial charge >= 0.3 is 0 Å². The number of aryl methyl sites for hydroxylation is 1. The van der Waals surface area contributed by atoms with Gasteiger partial charge in [0.05, 0.1) is 17.3 Å². The molecule has 1 aliphatic heterocycles. The maximum absolute atomic E-state index is 12.7. The zero-order valence-corrected chi connectivity index (χ0v) is 15.8. The molecule has 0 spiro atoms. The quantitative estimate of drug-likeness (QED) is 0.610. The van der Waals surface area contributed by atoms with Crippen LogP contribution in [-0.2, 0) is 12.8 Å². The third-order valence-corrected chi connectivity index (χ3v) is 5.41. The molecule has 2 aromatic carbocycles. The number of hydrogen-bond acceptors (Lipinski definition) is 4. The summed E-state index contributed by atoms with van der Waals surface area (Å²) in [5, 5.41) is 14.4. The Hall–Kier alpha value is -2.70. The van der Waals surface area contributed by atoms with Gasteiger partial charge < -0.3 is 10.4 Å². The Bertz CT molecular complexity index is 1100. The molecule has 3 N–H and O–H groups in total. The Kier molecular flexibility index (Phi) is 4.68. The van der Waals surface area contributed by atoms with Crippen molar-refractivity contribution in [3.63, 3.8) is 0 Å². The molecule has 0 unspecified atom stereocenters. The van der Waals surface area contributed by atoms with E-state index in [0.717, 1.165) is 30.6 Å². The summed E-state index contributed by atoms with van der Waals surface area (Å²) in [5.74, 6) is -0.123. The molecule has 2 heterocycles. The monoisotopic (exact) mass is 379 g/mol. The number of aromatic amines is 1. The minimum absolute atomic E-state index is 0.123. The first-order valence-electron chi connectivity index (χ1n) is 9.09. The van der Waals surface area contributed by atoms with Gasteiger partial charge in [-0.1, -0.05) is 43.3 Å². The first kappa shape index (κ1) is 17.7. The van der Waals surface area contributed by atoms with E-state index in [-0.39, 0.29) is 27.8 Å². The predicted octanol–water partition coefficient (Wildman–Crippen LogP) is 3.40. The minimum Gasteiger partial charge on any atom is -0.494 e. The van der Waals surface area contributed by atoms with E-state index in [1.54, 1.807) is 0 Å². The zero-order valence-electron chi connectivity index (χ0n) is 15.0. The molecular weight excluding hydrogens is 358 g/mol. The van der Waals surface area contributed by atoms with E-state index in [4.69, 9.17) is 12.2 Å². The van der Waals surface area contributed by atoms with Crippen LogP contribution in [0.2, 0.25) is 0 Å². The number of benzene rings is 2. The molecule has 1 atom stereocenters. The van der Waals surface area contributed by atoms with Crippen LogP contribution in [0.1, 0.15) is 35.2 Å². The third kappa shape index (κ3) is 3.11. The molecule has 1 aliphatic rings. The average Bonchev–Trinajstić information content (AvgIpc) is 2.68. The lowest BCUT2D eigenvalue weighted by Gasteiger charge is -2.27. The van der Waals surface area contributed by atoms with Gasteiger partial charge in [-0.2, -0.15) is 0 Å². The number of aromatic hydroxyl groups is 1. The van der Waals surface area contributed by atoms with Gasteiger partial charge in [0.2, 0.25) is 5.88 Å². The Morgan fingerprint density at radius 1 is 1.19 bits per heavy atom. The molecule has 3 aromatic rings. The normalized spacial score (nSPS) is 16.1. The second-order valence-corrected chi connectivity index (χ2v) is 7.07. The van der Waals surface area contributed by atoms with Crippen molar-refractivity contribution < 1.29 is 5.11 Å². The van der Waals surface area contributed by atoms with E-state index in [9.17, 15) is 9.90 Å². The molecule has 5 nitrogen and oxygen atoms in total. The fourth-order valence-corrected chi connectivity index (χ4v) is 3.97. The summed E-state index contributed by atoms with van der Waals surface area (Å²) >= 11 is 5.34. The van der Waals surface area contributed by atoms with Crippen molar-refractivity contribution in [3.05, 3.63) is 85.9 Å². The van der Waals surface area contributed by atoms with Crippen molar-refractivity contribution >= 4 is 12.2 Å². The number of aromatic nitrogens is 2. The standard InChI is InChI=1S/C21H21N3O2S/c1-2-13-7-9-15(10-8-13)24-20(26)17(19(25)23-21(24)27)18-16-6-4-3-5-14(16)11-12-22-18/h3-10,18,22,26H,2,11-12H2,1H3,(H,23,25,27)/t18-/m0/s1. The number of rotatable bonds is 3. The van der Waals surface area contributed by atoms with Crippen LogP contribution in [-0.4, -0.2) is 21.2 Å². The summed E-state index contributed by atoms with van der Waals surface area (Å²) in [6.45, 7) is 2.82. The van der Waals surface area contributed by atoms with Crippen LogP contribution < -0.4 is 10.9 Å². The third-order valence-electron chi connectivity index (χ3n) is 5.12. The van der Waals surface area contributed by atoms with Crippen molar-refractivity contribution in [1.29, 1.82) is 0 Å². The van der Waals surface area contributed by atoms with Gasteiger partial charge in [0, 0.05) is 6.54 Å². The molecule has 0 saturated heterocycles. The van der Waals surface area contributed by atoms with E-state index in [0.29, 0.717) is 0 Å². The van der Waals surface area contributed by atoms with Gasteiger partial charge in [-0.25, -0.2) is 0 Å². The largest absolute Gasteiger partial charge is 0.494 e. The fraction of sp³-hybridized carbons (Fsp3) is 0.238. The van der Waals surface area contributed by atoms with Gasteiger partial charge in [-0.3, -0.25) is 14.3 Å². The molecule has 27 heavy (non-hydrogen) atoms. The van der Waals surface area contributed by atoms with Crippen LogP contribution in [0.3, 0.4) is 0 Å². The Balaban J connectivity index is 1.91. The molecule has 0 saturated carbocycles. The second kappa shape index (κ2) is 7.13. The highest BCUT2D eigenvalue weighted by atomic mass is 32.1. The Morgan fingerprint density at radius 2 is 1.93 bits per heavy atom. The predicted molar refractivity (Wildman–Crippen MR) is 108 cm³/mol. The molecule has 4 rings (SSSR count). The van der Waals surface area contributed by atoms with E-state index >= 15 is 0 Å². The van der Waals surface area contributed by atoms with Crippen LogP contribution in [0.15, 0.2) is 53.3 Å². The zero-order chi connectivity index (χ0) is 19.0.